The molecule has 1 aliphatic heterocycles. The van der Waals surface area contributed by atoms with Crippen LogP contribution in [0, 0.1) is 0 Å². The van der Waals surface area contributed by atoms with Crippen LogP contribution < -0.4 is 10.2 Å². The van der Waals surface area contributed by atoms with Crippen molar-refractivity contribution in [2.75, 3.05) is 24.5 Å². The Balaban J connectivity index is 2.07. The van der Waals surface area contributed by atoms with Gasteiger partial charge in [-0.05, 0) is 37.6 Å². The van der Waals surface area contributed by atoms with E-state index in [4.69, 9.17) is 0 Å². The highest BCUT2D eigenvalue weighted by molar-refractivity contribution is 5.43. The maximum atomic E-state index is 9.59. The SMILES string of the molecule is CCCNC(C)c1ccnc(N2CC(O)C(O)C2)c1. The fourth-order valence-electron chi connectivity index (χ4n) is 2.31. The Bertz CT molecular complexity index is 403. The van der Waals surface area contributed by atoms with Gasteiger partial charge >= 0.3 is 0 Å². The lowest BCUT2D eigenvalue weighted by Crippen LogP contribution is -2.23. The minimum atomic E-state index is -0.680. The summed E-state index contributed by atoms with van der Waals surface area (Å²) in [5, 5.41) is 22.6. The lowest BCUT2D eigenvalue weighted by molar-refractivity contribution is 0.0572. The van der Waals surface area contributed by atoms with Gasteiger partial charge in [0.2, 0.25) is 0 Å². The molecule has 5 heteroatoms. The van der Waals surface area contributed by atoms with E-state index in [9.17, 15) is 10.2 Å². The zero-order valence-corrected chi connectivity index (χ0v) is 11.6. The largest absolute Gasteiger partial charge is 0.389 e. The molecule has 19 heavy (non-hydrogen) atoms. The predicted octanol–water partition coefficient (Wildman–Crippen LogP) is 0.684. The van der Waals surface area contributed by atoms with E-state index in [2.05, 4.69) is 24.1 Å². The normalized spacial score (nSPS) is 24.7. The first kappa shape index (κ1) is 14.2. The molecule has 1 aliphatic rings. The second kappa shape index (κ2) is 6.32. The molecule has 2 heterocycles. The third-order valence-corrected chi connectivity index (χ3v) is 3.55. The molecule has 0 saturated carbocycles. The molecule has 0 bridgehead atoms. The number of aliphatic hydroxyl groups excluding tert-OH is 2. The maximum absolute atomic E-state index is 9.59. The summed E-state index contributed by atoms with van der Waals surface area (Å²) in [6, 6.07) is 4.30. The van der Waals surface area contributed by atoms with Gasteiger partial charge in [-0.15, -0.1) is 0 Å². The van der Waals surface area contributed by atoms with E-state index in [1.165, 1.54) is 5.56 Å². The Hall–Kier alpha value is -1.17. The van der Waals surface area contributed by atoms with E-state index >= 15 is 0 Å². The van der Waals surface area contributed by atoms with Crippen LogP contribution in [0.1, 0.15) is 31.9 Å². The number of rotatable bonds is 5. The predicted molar refractivity (Wildman–Crippen MR) is 75.2 cm³/mol. The van der Waals surface area contributed by atoms with Crippen molar-refractivity contribution in [2.45, 2.75) is 38.5 Å². The van der Waals surface area contributed by atoms with Crippen LogP contribution in [0.5, 0.6) is 0 Å². The Morgan fingerprint density at radius 1 is 1.42 bits per heavy atom. The van der Waals surface area contributed by atoms with Crippen LogP contribution in [0.25, 0.3) is 0 Å². The average Bonchev–Trinajstić information content (AvgIpc) is 2.76. The van der Waals surface area contributed by atoms with E-state index in [0.29, 0.717) is 13.1 Å². The van der Waals surface area contributed by atoms with Crippen LogP contribution in [0.4, 0.5) is 5.82 Å². The molecule has 106 valence electrons. The summed E-state index contributed by atoms with van der Waals surface area (Å²) < 4.78 is 0. The monoisotopic (exact) mass is 265 g/mol. The molecule has 3 atom stereocenters. The van der Waals surface area contributed by atoms with Gasteiger partial charge in [-0.2, -0.15) is 0 Å². The molecule has 1 saturated heterocycles. The van der Waals surface area contributed by atoms with E-state index < -0.39 is 12.2 Å². The van der Waals surface area contributed by atoms with Crippen molar-refractivity contribution in [1.82, 2.24) is 10.3 Å². The van der Waals surface area contributed by atoms with E-state index in [1.54, 1.807) is 6.20 Å². The first-order valence-corrected chi connectivity index (χ1v) is 6.92. The van der Waals surface area contributed by atoms with Crippen molar-refractivity contribution in [3.8, 4) is 0 Å². The fraction of sp³-hybridized carbons (Fsp3) is 0.643. The summed E-state index contributed by atoms with van der Waals surface area (Å²) in [7, 11) is 0. The van der Waals surface area contributed by atoms with Crippen LogP contribution in [0.2, 0.25) is 0 Å². The van der Waals surface area contributed by atoms with Crippen molar-refractivity contribution in [2.24, 2.45) is 0 Å². The van der Waals surface area contributed by atoms with Gasteiger partial charge in [-0.1, -0.05) is 6.92 Å². The van der Waals surface area contributed by atoms with Gasteiger partial charge in [0.1, 0.15) is 5.82 Å². The molecule has 0 aliphatic carbocycles. The van der Waals surface area contributed by atoms with E-state index in [-0.39, 0.29) is 6.04 Å². The zero-order valence-electron chi connectivity index (χ0n) is 11.6. The van der Waals surface area contributed by atoms with Crippen molar-refractivity contribution in [3.63, 3.8) is 0 Å². The van der Waals surface area contributed by atoms with Gasteiger partial charge in [0, 0.05) is 25.3 Å². The zero-order chi connectivity index (χ0) is 13.8. The van der Waals surface area contributed by atoms with Crippen LogP contribution in [-0.2, 0) is 0 Å². The Morgan fingerprint density at radius 2 is 2.11 bits per heavy atom. The van der Waals surface area contributed by atoms with Gasteiger partial charge in [0.15, 0.2) is 0 Å². The van der Waals surface area contributed by atoms with E-state index in [1.807, 2.05) is 17.0 Å². The van der Waals surface area contributed by atoms with E-state index in [0.717, 1.165) is 18.8 Å². The van der Waals surface area contributed by atoms with Gasteiger partial charge in [0.05, 0.1) is 12.2 Å². The quantitative estimate of drug-likeness (QED) is 0.730. The Morgan fingerprint density at radius 3 is 2.74 bits per heavy atom. The minimum absolute atomic E-state index is 0.277. The first-order valence-electron chi connectivity index (χ1n) is 6.92. The maximum Gasteiger partial charge on any atom is 0.128 e. The topological polar surface area (TPSA) is 68.6 Å². The van der Waals surface area contributed by atoms with Gasteiger partial charge in [-0.25, -0.2) is 4.98 Å². The number of aromatic nitrogens is 1. The number of aliphatic hydroxyl groups is 2. The molecule has 1 aromatic heterocycles. The lowest BCUT2D eigenvalue weighted by Gasteiger charge is -2.19. The van der Waals surface area contributed by atoms with Gasteiger partial charge in [0.25, 0.3) is 0 Å². The molecular weight excluding hydrogens is 242 g/mol. The molecule has 0 amide bonds. The van der Waals surface area contributed by atoms with Crippen LogP contribution in [0.3, 0.4) is 0 Å². The summed E-state index contributed by atoms with van der Waals surface area (Å²) in [6.07, 6.45) is 1.53. The number of β-amino-alcohol motifs (C(OH)–C–C–N with tert-alkyl or cyclic N) is 2. The summed E-state index contributed by atoms with van der Waals surface area (Å²) in [5.74, 6) is 0.818. The molecule has 3 unspecified atom stereocenters. The molecule has 1 aromatic rings. The highest BCUT2D eigenvalue weighted by Gasteiger charge is 2.30. The molecule has 0 radical (unpaired) electrons. The van der Waals surface area contributed by atoms with Gasteiger partial charge < -0.3 is 20.4 Å². The second-order valence-electron chi connectivity index (χ2n) is 5.16. The molecule has 0 spiro atoms. The summed E-state index contributed by atoms with van der Waals surface area (Å²) >= 11 is 0. The number of anilines is 1. The average molecular weight is 265 g/mol. The summed E-state index contributed by atoms with van der Waals surface area (Å²) in [6.45, 7) is 6.13. The third kappa shape index (κ3) is 3.43. The highest BCUT2D eigenvalue weighted by atomic mass is 16.3. The second-order valence-corrected chi connectivity index (χ2v) is 5.16. The van der Waals surface area contributed by atoms with Crippen molar-refractivity contribution < 1.29 is 10.2 Å². The standard InChI is InChI=1S/C14H23N3O2/c1-3-5-15-10(2)11-4-6-16-14(7-11)17-8-12(18)13(19)9-17/h4,6-7,10,12-13,15,18-19H,3,5,8-9H2,1-2H3. The number of nitrogens with zero attached hydrogens (tertiary/aromatic N) is 2. The molecule has 1 fully saturated rings. The number of hydrogen-bond donors (Lipinski definition) is 3. The molecule has 3 N–H and O–H groups in total. The number of pyridine rings is 1. The molecule has 0 aromatic carbocycles. The summed E-state index contributed by atoms with van der Waals surface area (Å²) in [4.78, 5) is 6.25. The van der Waals surface area contributed by atoms with Crippen molar-refractivity contribution in [3.05, 3.63) is 23.9 Å². The molecule has 5 nitrogen and oxygen atoms in total. The van der Waals surface area contributed by atoms with Crippen molar-refractivity contribution in [1.29, 1.82) is 0 Å². The Kier molecular flexibility index (Phi) is 4.74. The van der Waals surface area contributed by atoms with Crippen LogP contribution >= 0.6 is 0 Å². The molecule has 2 rings (SSSR count). The highest BCUT2D eigenvalue weighted by Crippen LogP contribution is 2.22. The Labute approximate surface area is 114 Å². The first-order chi connectivity index (χ1) is 9.11. The number of nitrogens with one attached hydrogen (secondary N) is 1. The summed E-state index contributed by atoms with van der Waals surface area (Å²) in [5.41, 5.74) is 1.18. The smallest absolute Gasteiger partial charge is 0.128 e. The minimum Gasteiger partial charge on any atom is -0.389 e. The van der Waals surface area contributed by atoms with Crippen LogP contribution in [-0.4, -0.2) is 47.0 Å². The van der Waals surface area contributed by atoms with Crippen LogP contribution in [0.15, 0.2) is 18.3 Å². The lowest BCUT2D eigenvalue weighted by atomic mass is 10.1. The third-order valence-electron chi connectivity index (χ3n) is 3.55. The van der Waals surface area contributed by atoms with Crippen molar-refractivity contribution >= 4 is 5.82 Å². The number of hydrogen-bond acceptors (Lipinski definition) is 5. The van der Waals surface area contributed by atoms with Gasteiger partial charge in [-0.3, -0.25) is 0 Å². The fourth-order valence-corrected chi connectivity index (χ4v) is 2.31. The molecular formula is C14H23N3O2.